The second-order valence-electron chi connectivity index (χ2n) is 6.60. The molecule has 2 unspecified atom stereocenters. The lowest BCUT2D eigenvalue weighted by Gasteiger charge is -2.29. The predicted octanol–water partition coefficient (Wildman–Crippen LogP) is 4.15. The number of methoxy groups -OCH3 is 1. The number of thioether (sulfide) groups is 1. The van der Waals surface area contributed by atoms with Crippen molar-refractivity contribution in [1.29, 1.82) is 0 Å². The van der Waals surface area contributed by atoms with Crippen molar-refractivity contribution in [2.45, 2.75) is 23.2 Å². The van der Waals surface area contributed by atoms with Crippen LogP contribution in [0.25, 0.3) is 0 Å². The summed E-state index contributed by atoms with van der Waals surface area (Å²) in [6.07, 6.45) is -0.309. The van der Waals surface area contributed by atoms with Gasteiger partial charge in [-0.3, -0.25) is 4.79 Å². The first-order valence-electron chi connectivity index (χ1n) is 9.19. The lowest BCUT2D eigenvalue weighted by atomic mass is 10.1. The van der Waals surface area contributed by atoms with Crippen LogP contribution in [0.1, 0.15) is 17.7 Å². The van der Waals surface area contributed by atoms with E-state index >= 15 is 0 Å². The summed E-state index contributed by atoms with van der Waals surface area (Å²) in [5.74, 6) is 0.509. The number of ether oxygens (including phenoxy) is 2. The lowest BCUT2D eigenvalue weighted by molar-refractivity contribution is -0.145. The third-order valence-electron chi connectivity index (χ3n) is 4.66. The van der Waals surface area contributed by atoms with E-state index in [4.69, 9.17) is 21.1 Å². The molecule has 0 amide bonds. The van der Waals surface area contributed by atoms with Crippen LogP contribution < -0.4 is 15.0 Å². The SMILES string of the molecule is CNCCN1CC(OC(C)=O)C(c2ccc(OC)cc2)Sc2c(Cl)cccc21. The van der Waals surface area contributed by atoms with Crippen molar-refractivity contribution in [1.82, 2.24) is 5.32 Å². The summed E-state index contributed by atoms with van der Waals surface area (Å²) >= 11 is 8.22. The lowest BCUT2D eigenvalue weighted by Crippen LogP contribution is -2.39. The van der Waals surface area contributed by atoms with Crippen molar-refractivity contribution in [3.63, 3.8) is 0 Å². The van der Waals surface area contributed by atoms with E-state index in [-0.39, 0.29) is 17.3 Å². The van der Waals surface area contributed by atoms with E-state index in [0.717, 1.165) is 35.0 Å². The molecule has 1 aliphatic rings. The van der Waals surface area contributed by atoms with E-state index in [1.807, 2.05) is 43.4 Å². The van der Waals surface area contributed by atoms with Gasteiger partial charge in [0.2, 0.25) is 0 Å². The molecule has 0 bridgehead atoms. The fourth-order valence-corrected chi connectivity index (χ4v) is 4.97. The molecule has 1 N–H and O–H groups in total. The molecular formula is C21H25ClN2O3S. The molecule has 2 aromatic carbocycles. The Balaban J connectivity index is 2.03. The van der Waals surface area contributed by atoms with Crippen LogP contribution in [0, 0.1) is 0 Å². The van der Waals surface area contributed by atoms with Crippen molar-refractivity contribution < 1.29 is 14.3 Å². The smallest absolute Gasteiger partial charge is 0.303 e. The van der Waals surface area contributed by atoms with Crippen LogP contribution in [0.4, 0.5) is 5.69 Å². The Labute approximate surface area is 175 Å². The van der Waals surface area contributed by atoms with Crippen LogP contribution in [0.2, 0.25) is 5.02 Å². The highest BCUT2D eigenvalue weighted by atomic mass is 35.5. The fourth-order valence-electron chi connectivity index (χ4n) is 3.32. The van der Waals surface area contributed by atoms with Crippen LogP contribution in [0.3, 0.4) is 0 Å². The molecule has 7 heteroatoms. The van der Waals surface area contributed by atoms with E-state index in [0.29, 0.717) is 11.6 Å². The molecule has 0 saturated heterocycles. The van der Waals surface area contributed by atoms with Crippen LogP contribution >= 0.6 is 23.4 Å². The van der Waals surface area contributed by atoms with Crippen molar-refractivity contribution in [2.75, 3.05) is 38.7 Å². The molecule has 2 aromatic rings. The monoisotopic (exact) mass is 420 g/mol. The predicted molar refractivity (Wildman–Crippen MR) is 115 cm³/mol. The number of esters is 1. The zero-order valence-corrected chi connectivity index (χ0v) is 17.8. The topological polar surface area (TPSA) is 50.8 Å². The average Bonchev–Trinajstić information content (AvgIpc) is 2.84. The van der Waals surface area contributed by atoms with Gasteiger partial charge in [-0.25, -0.2) is 0 Å². The summed E-state index contributed by atoms with van der Waals surface area (Å²) in [7, 11) is 3.57. The summed E-state index contributed by atoms with van der Waals surface area (Å²) in [4.78, 5) is 15.1. The van der Waals surface area contributed by atoms with Gasteiger partial charge in [0.1, 0.15) is 11.9 Å². The molecule has 0 aliphatic carbocycles. The molecule has 0 fully saturated rings. The average molecular weight is 421 g/mol. The molecule has 1 aliphatic heterocycles. The molecular weight excluding hydrogens is 396 g/mol. The van der Waals surface area contributed by atoms with Gasteiger partial charge in [-0.05, 0) is 36.9 Å². The summed E-state index contributed by atoms with van der Waals surface area (Å²) in [6, 6.07) is 13.8. The highest BCUT2D eigenvalue weighted by Crippen LogP contribution is 2.49. The van der Waals surface area contributed by atoms with Gasteiger partial charge in [-0.2, -0.15) is 0 Å². The number of likely N-dealkylation sites (N-methyl/N-ethyl adjacent to an activating group) is 1. The number of carbonyl (C=O) groups is 1. The number of rotatable bonds is 6. The molecule has 2 atom stereocenters. The zero-order chi connectivity index (χ0) is 20.1. The molecule has 3 rings (SSSR count). The number of carbonyl (C=O) groups excluding carboxylic acids is 1. The van der Waals surface area contributed by atoms with E-state index in [1.54, 1.807) is 18.9 Å². The Bertz CT molecular complexity index is 816. The molecule has 0 spiro atoms. The quantitative estimate of drug-likeness (QED) is 0.708. The van der Waals surface area contributed by atoms with Crippen LogP contribution in [0.5, 0.6) is 5.75 Å². The minimum absolute atomic E-state index is 0.0759. The van der Waals surface area contributed by atoms with Crippen molar-refractivity contribution >= 4 is 35.0 Å². The minimum Gasteiger partial charge on any atom is -0.497 e. The molecule has 0 aromatic heterocycles. The van der Waals surface area contributed by atoms with Gasteiger partial charge in [0, 0.05) is 20.0 Å². The van der Waals surface area contributed by atoms with Crippen LogP contribution in [-0.2, 0) is 9.53 Å². The van der Waals surface area contributed by atoms with Crippen molar-refractivity contribution in [3.05, 3.63) is 53.1 Å². The Hall–Kier alpha value is -1.89. The van der Waals surface area contributed by atoms with Gasteiger partial charge in [0.15, 0.2) is 0 Å². The number of halogens is 1. The summed E-state index contributed by atoms with van der Waals surface area (Å²) in [5, 5.41) is 3.82. The highest BCUT2D eigenvalue weighted by Gasteiger charge is 2.34. The maximum absolute atomic E-state index is 11.9. The maximum atomic E-state index is 11.9. The molecule has 1 heterocycles. The molecule has 0 radical (unpaired) electrons. The Kier molecular flexibility index (Phi) is 7.10. The molecule has 28 heavy (non-hydrogen) atoms. The normalized spacial score (nSPS) is 18.9. The van der Waals surface area contributed by atoms with E-state index in [1.165, 1.54) is 6.92 Å². The van der Waals surface area contributed by atoms with Gasteiger partial charge in [-0.15, -0.1) is 11.8 Å². The number of benzene rings is 2. The first kappa shape index (κ1) is 20.8. The molecule has 5 nitrogen and oxygen atoms in total. The largest absolute Gasteiger partial charge is 0.497 e. The third-order valence-corrected chi connectivity index (χ3v) is 6.58. The minimum atomic E-state index is -0.309. The second-order valence-corrected chi connectivity index (χ2v) is 8.16. The van der Waals surface area contributed by atoms with Crippen LogP contribution in [0.15, 0.2) is 47.4 Å². The Morgan fingerprint density at radius 2 is 2.04 bits per heavy atom. The summed E-state index contributed by atoms with van der Waals surface area (Å²) < 4.78 is 11.1. The van der Waals surface area contributed by atoms with Gasteiger partial charge in [-0.1, -0.05) is 29.8 Å². The number of fused-ring (bicyclic) bond motifs is 1. The number of anilines is 1. The number of nitrogens with zero attached hydrogens (tertiary/aromatic N) is 1. The zero-order valence-electron chi connectivity index (χ0n) is 16.3. The van der Waals surface area contributed by atoms with E-state index in [2.05, 4.69) is 16.3 Å². The summed E-state index contributed by atoms with van der Waals surface area (Å²) in [5.41, 5.74) is 2.14. The number of hydrogen-bond acceptors (Lipinski definition) is 6. The highest BCUT2D eigenvalue weighted by molar-refractivity contribution is 7.99. The van der Waals surface area contributed by atoms with Gasteiger partial charge in [0.25, 0.3) is 0 Å². The number of hydrogen-bond donors (Lipinski definition) is 1. The van der Waals surface area contributed by atoms with E-state index in [9.17, 15) is 4.79 Å². The first-order chi connectivity index (χ1) is 13.5. The third kappa shape index (κ3) is 4.74. The standard InChI is InChI=1S/C21H25ClN2O3S/c1-14(25)27-19-13-24(12-11-23-2)18-6-4-5-17(22)21(18)28-20(19)15-7-9-16(26-3)10-8-15/h4-10,19-20,23H,11-13H2,1-3H3. The van der Waals surface area contributed by atoms with Crippen LogP contribution in [-0.4, -0.2) is 45.9 Å². The fraction of sp³-hybridized carbons (Fsp3) is 0.381. The van der Waals surface area contributed by atoms with Gasteiger partial charge < -0.3 is 19.7 Å². The van der Waals surface area contributed by atoms with Gasteiger partial charge >= 0.3 is 5.97 Å². The summed E-state index contributed by atoms with van der Waals surface area (Å²) in [6.45, 7) is 3.66. The maximum Gasteiger partial charge on any atom is 0.303 e. The van der Waals surface area contributed by atoms with Gasteiger partial charge in [0.05, 0.1) is 34.5 Å². The second kappa shape index (κ2) is 9.54. The van der Waals surface area contributed by atoms with Crippen molar-refractivity contribution in [3.8, 4) is 5.75 Å². The van der Waals surface area contributed by atoms with E-state index < -0.39 is 0 Å². The Morgan fingerprint density at radius 3 is 2.68 bits per heavy atom. The molecule has 0 saturated carbocycles. The number of nitrogens with one attached hydrogen (secondary N) is 1. The first-order valence-corrected chi connectivity index (χ1v) is 10.4. The Morgan fingerprint density at radius 1 is 1.29 bits per heavy atom. The van der Waals surface area contributed by atoms with Crippen molar-refractivity contribution in [2.24, 2.45) is 0 Å². The molecule has 150 valence electrons.